The van der Waals surface area contributed by atoms with Crippen LogP contribution in [0.2, 0.25) is 0 Å². The molecule has 6 rings (SSSR count). The first-order valence-electron chi connectivity index (χ1n) is 9.86. The maximum atomic E-state index is 10.5. The Hall–Kier alpha value is -3.33. The summed E-state index contributed by atoms with van der Waals surface area (Å²) < 4.78 is 3.80. The van der Waals surface area contributed by atoms with Gasteiger partial charge in [-0.3, -0.25) is 0 Å². The van der Waals surface area contributed by atoms with Crippen molar-refractivity contribution >= 4 is 11.0 Å². The van der Waals surface area contributed by atoms with E-state index in [-0.39, 0.29) is 5.75 Å². The molecule has 2 aliphatic rings. The minimum absolute atomic E-state index is 0.0279. The zero-order valence-electron chi connectivity index (χ0n) is 15.7. The molecule has 0 radical (unpaired) electrons. The number of hydrogen-bond acceptors (Lipinski definition) is 7. The molecule has 2 fully saturated rings. The third-order valence-electron chi connectivity index (χ3n) is 6.10. The number of piperidine rings is 1. The molecule has 1 saturated carbocycles. The first-order chi connectivity index (χ1) is 14.2. The van der Waals surface area contributed by atoms with Crippen molar-refractivity contribution in [1.29, 1.82) is 0 Å². The van der Waals surface area contributed by atoms with Gasteiger partial charge in [-0.25, -0.2) is 9.67 Å². The van der Waals surface area contributed by atoms with Crippen LogP contribution in [0.25, 0.3) is 28.1 Å². The van der Waals surface area contributed by atoms with Crippen molar-refractivity contribution < 1.29 is 5.11 Å². The van der Waals surface area contributed by atoms with Crippen LogP contribution in [0.3, 0.4) is 0 Å². The third-order valence-corrected chi connectivity index (χ3v) is 6.10. The quantitative estimate of drug-likeness (QED) is 0.554. The van der Waals surface area contributed by atoms with Crippen molar-refractivity contribution in [3.63, 3.8) is 0 Å². The summed E-state index contributed by atoms with van der Waals surface area (Å²) >= 11 is 0. The van der Waals surface area contributed by atoms with E-state index in [0.717, 1.165) is 30.4 Å². The van der Waals surface area contributed by atoms with Crippen molar-refractivity contribution in [3.8, 4) is 22.8 Å². The SMILES string of the molecule is Oc1cc(-n2ccnn2)cnc1-c1cc2ccn([C@@H]3CCNC4(CC4)C3)c2nn1. The van der Waals surface area contributed by atoms with Crippen LogP contribution >= 0.6 is 0 Å². The first-order valence-corrected chi connectivity index (χ1v) is 9.86. The average molecular weight is 388 g/mol. The van der Waals surface area contributed by atoms with E-state index in [9.17, 15) is 5.11 Å². The van der Waals surface area contributed by atoms with Gasteiger partial charge in [-0.15, -0.1) is 15.3 Å². The highest BCUT2D eigenvalue weighted by molar-refractivity contribution is 5.80. The summed E-state index contributed by atoms with van der Waals surface area (Å²) in [5, 5.41) is 31.7. The van der Waals surface area contributed by atoms with Crippen molar-refractivity contribution in [3.05, 3.63) is 43.0 Å². The van der Waals surface area contributed by atoms with Crippen LogP contribution in [0.15, 0.2) is 43.0 Å². The van der Waals surface area contributed by atoms with E-state index in [1.165, 1.54) is 17.5 Å². The Kier molecular flexibility index (Phi) is 3.48. The molecule has 4 aromatic heterocycles. The standard InChI is InChI=1S/C20H20N8O/c29-17-10-15(28-8-6-23-26-28)12-21-18(17)16-9-13-2-7-27(19(13)25-24-16)14-1-5-22-20(11-14)3-4-20/h2,6-10,12,14,22,29H,1,3-5,11H2/t14-/m1/s1. The van der Waals surface area contributed by atoms with Gasteiger partial charge in [-0.05, 0) is 44.4 Å². The van der Waals surface area contributed by atoms with Crippen LogP contribution < -0.4 is 5.32 Å². The molecule has 0 unspecified atom stereocenters. The molecule has 0 amide bonds. The minimum Gasteiger partial charge on any atom is -0.506 e. The van der Waals surface area contributed by atoms with Crippen molar-refractivity contribution in [1.82, 2.24) is 40.1 Å². The summed E-state index contributed by atoms with van der Waals surface area (Å²) in [5.74, 6) is 0.0279. The molecule has 9 nitrogen and oxygen atoms in total. The predicted molar refractivity (Wildman–Crippen MR) is 106 cm³/mol. The second-order valence-electron chi connectivity index (χ2n) is 7.99. The smallest absolute Gasteiger partial charge is 0.162 e. The number of nitrogens with zero attached hydrogens (tertiary/aromatic N) is 7. The second kappa shape index (κ2) is 6.08. The predicted octanol–water partition coefficient (Wildman–Crippen LogP) is 2.24. The Morgan fingerprint density at radius 2 is 2.10 bits per heavy atom. The first kappa shape index (κ1) is 16.6. The van der Waals surface area contributed by atoms with Crippen LogP contribution in [0.5, 0.6) is 5.75 Å². The lowest BCUT2D eigenvalue weighted by molar-refractivity contribution is 0.290. The highest BCUT2D eigenvalue weighted by Crippen LogP contribution is 2.46. The minimum atomic E-state index is 0.0279. The van der Waals surface area contributed by atoms with Crippen LogP contribution in [0.4, 0.5) is 0 Å². The molecule has 29 heavy (non-hydrogen) atoms. The largest absolute Gasteiger partial charge is 0.506 e. The Morgan fingerprint density at radius 1 is 1.17 bits per heavy atom. The maximum absolute atomic E-state index is 10.5. The lowest BCUT2D eigenvalue weighted by atomic mass is 9.97. The molecule has 1 spiro atoms. The van der Waals surface area contributed by atoms with E-state index >= 15 is 0 Å². The van der Waals surface area contributed by atoms with E-state index in [1.54, 1.807) is 24.7 Å². The van der Waals surface area contributed by atoms with Gasteiger partial charge in [-0.1, -0.05) is 5.21 Å². The van der Waals surface area contributed by atoms with Gasteiger partial charge in [0.25, 0.3) is 0 Å². The second-order valence-corrected chi connectivity index (χ2v) is 7.99. The molecule has 9 heteroatoms. The van der Waals surface area contributed by atoms with Crippen molar-refractivity contribution in [2.24, 2.45) is 0 Å². The van der Waals surface area contributed by atoms with Crippen LogP contribution in [-0.2, 0) is 0 Å². The van der Waals surface area contributed by atoms with Crippen molar-refractivity contribution in [2.45, 2.75) is 37.3 Å². The average Bonchev–Trinajstić information content (AvgIpc) is 3.15. The summed E-state index contributed by atoms with van der Waals surface area (Å²) in [5.41, 5.74) is 2.81. The van der Waals surface area contributed by atoms with Gasteiger partial charge in [0, 0.05) is 29.2 Å². The van der Waals surface area contributed by atoms with Gasteiger partial charge < -0.3 is 15.0 Å². The van der Waals surface area contributed by atoms with Gasteiger partial charge in [0.15, 0.2) is 5.65 Å². The van der Waals surface area contributed by atoms with Crippen LogP contribution in [0.1, 0.15) is 31.7 Å². The van der Waals surface area contributed by atoms with Gasteiger partial charge >= 0.3 is 0 Å². The van der Waals surface area contributed by atoms with E-state index in [4.69, 9.17) is 0 Å². The van der Waals surface area contributed by atoms with Gasteiger partial charge in [-0.2, -0.15) is 0 Å². The van der Waals surface area contributed by atoms with Crippen molar-refractivity contribution in [2.75, 3.05) is 6.54 Å². The lowest BCUT2D eigenvalue weighted by Crippen LogP contribution is -2.40. The summed E-state index contributed by atoms with van der Waals surface area (Å²) in [4.78, 5) is 4.38. The number of aromatic hydroxyl groups is 1. The van der Waals surface area contributed by atoms with E-state index in [0.29, 0.717) is 28.7 Å². The normalized spacial score (nSPS) is 20.3. The molecule has 146 valence electrons. The summed E-state index contributed by atoms with van der Waals surface area (Å²) in [6.45, 7) is 1.05. The van der Waals surface area contributed by atoms with E-state index < -0.39 is 0 Å². The maximum Gasteiger partial charge on any atom is 0.162 e. The molecule has 1 aliphatic heterocycles. The lowest BCUT2D eigenvalue weighted by Gasteiger charge is -2.31. The van der Waals surface area contributed by atoms with Crippen LogP contribution in [-0.4, -0.2) is 51.9 Å². The van der Waals surface area contributed by atoms with Crippen LogP contribution in [0, 0.1) is 0 Å². The Labute approximate surface area is 166 Å². The number of pyridine rings is 1. The summed E-state index contributed by atoms with van der Waals surface area (Å²) in [6.07, 6.45) is 11.8. The molecule has 1 aliphatic carbocycles. The van der Waals surface area contributed by atoms with Gasteiger partial charge in [0.05, 0.1) is 24.3 Å². The fourth-order valence-electron chi connectivity index (χ4n) is 4.37. The van der Waals surface area contributed by atoms with E-state index in [2.05, 4.69) is 47.6 Å². The molecule has 2 N–H and O–H groups in total. The van der Waals surface area contributed by atoms with Gasteiger partial charge in [0.2, 0.25) is 0 Å². The fraction of sp³-hybridized carbons (Fsp3) is 0.350. The molecule has 0 aromatic carbocycles. The molecular weight excluding hydrogens is 368 g/mol. The molecule has 0 bridgehead atoms. The van der Waals surface area contributed by atoms with Gasteiger partial charge in [0.1, 0.15) is 17.1 Å². The Morgan fingerprint density at radius 3 is 2.90 bits per heavy atom. The Balaban J connectivity index is 1.34. The molecule has 4 aromatic rings. The third kappa shape index (κ3) is 2.77. The number of hydrogen-bond donors (Lipinski definition) is 2. The number of fused-ring (bicyclic) bond motifs is 1. The molecule has 1 saturated heterocycles. The topological polar surface area (TPSA) is 107 Å². The fourth-order valence-corrected chi connectivity index (χ4v) is 4.37. The van der Waals surface area contributed by atoms with E-state index in [1.807, 2.05) is 6.07 Å². The number of rotatable bonds is 3. The monoisotopic (exact) mass is 388 g/mol. The molecular formula is C20H20N8O. The number of aromatic nitrogens is 7. The Bertz CT molecular complexity index is 1190. The zero-order chi connectivity index (χ0) is 19.4. The highest BCUT2D eigenvalue weighted by atomic mass is 16.3. The highest BCUT2D eigenvalue weighted by Gasteiger charge is 2.46. The molecule has 1 atom stereocenters. The zero-order valence-corrected chi connectivity index (χ0v) is 15.7. The summed E-state index contributed by atoms with van der Waals surface area (Å²) in [6, 6.07) is 6.04. The number of nitrogens with one attached hydrogen (secondary N) is 1. The molecule has 5 heterocycles. The summed E-state index contributed by atoms with van der Waals surface area (Å²) in [7, 11) is 0.